The number of ketones is 1. The average Bonchev–Trinajstić information content (AvgIpc) is 3.33. The normalized spacial score (nSPS) is 19.7. The molecule has 2 aromatic rings. The number of Topliss-reactive ketones (excluding diaryl/α,β-unsaturated/α-hetero) is 1. The molecule has 0 N–H and O–H groups in total. The average molecular weight is 493 g/mol. The molecule has 188 valence electrons. The van der Waals surface area contributed by atoms with E-state index in [1.165, 1.54) is 14.0 Å². The summed E-state index contributed by atoms with van der Waals surface area (Å²) in [5.74, 6) is -3.26. The third-order valence-electron chi connectivity index (χ3n) is 6.89. The Morgan fingerprint density at radius 1 is 1.00 bits per heavy atom. The standard InChI is InChI=1S/C27H28N2O7/c1-15-13-22(16(2)28(15)19-11-9-18(10-12-19)27(34)35-4)23(30)14-36-26(33)17(3)29-24(31)20-7-5-6-8-21(20)25(29)32/h5-6,9-13,17,20-21H,7-8,14H2,1-4H3/t17-,20-,21+/m0/s1. The summed E-state index contributed by atoms with van der Waals surface area (Å²) in [4.78, 5) is 63.7. The molecule has 2 aliphatic rings. The molecule has 2 amide bonds. The van der Waals surface area contributed by atoms with Gasteiger partial charge in [0.05, 0.1) is 24.5 Å². The van der Waals surface area contributed by atoms with Crippen molar-refractivity contribution in [3.8, 4) is 5.69 Å². The van der Waals surface area contributed by atoms with Crippen LogP contribution < -0.4 is 0 Å². The van der Waals surface area contributed by atoms with Gasteiger partial charge in [-0.3, -0.25) is 19.3 Å². The summed E-state index contributed by atoms with van der Waals surface area (Å²) < 4.78 is 11.8. The van der Waals surface area contributed by atoms with Crippen LogP contribution in [0.3, 0.4) is 0 Å². The van der Waals surface area contributed by atoms with E-state index < -0.39 is 42.2 Å². The number of imide groups is 1. The minimum atomic E-state index is -1.11. The maximum Gasteiger partial charge on any atom is 0.337 e. The maximum absolute atomic E-state index is 12.9. The second kappa shape index (κ2) is 9.93. The summed E-state index contributed by atoms with van der Waals surface area (Å²) in [6, 6.07) is 7.37. The third kappa shape index (κ3) is 4.36. The van der Waals surface area contributed by atoms with Gasteiger partial charge in [-0.05, 0) is 63.9 Å². The highest BCUT2D eigenvalue weighted by atomic mass is 16.5. The zero-order chi connectivity index (χ0) is 26.1. The SMILES string of the molecule is COC(=O)c1ccc(-n2c(C)cc(C(=O)COC(=O)[C@H](C)N3C(=O)[C@H]4CC=CC[C@H]4C3=O)c2C)cc1. The maximum atomic E-state index is 12.9. The number of methoxy groups -OCH3 is 1. The van der Waals surface area contributed by atoms with Crippen molar-refractivity contribution in [3.63, 3.8) is 0 Å². The molecule has 1 aromatic heterocycles. The fourth-order valence-corrected chi connectivity index (χ4v) is 4.95. The van der Waals surface area contributed by atoms with Crippen molar-refractivity contribution in [1.82, 2.24) is 9.47 Å². The number of benzene rings is 1. The van der Waals surface area contributed by atoms with Gasteiger partial charge in [-0.25, -0.2) is 9.59 Å². The highest BCUT2D eigenvalue weighted by Gasteiger charge is 2.50. The molecular weight excluding hydrogens is 464 g/mol. The van der Waals surface area contributed by atoms with Crippen LogP contribution in [0.2, 0.25) is 0 Å². The third-order valence-corrected chi connectivity index (χ3v) is 6.89. The number of rotatable bonds is 7. The van der Waals surface area contributed by atoms with E-state index >= 15 is 0 Å². The summed E-state index contributed by atoms with van der Waals surface area (Å²) in [7, 11) is 1.31. The Morgan fingerprint density at radius 3 is 2.14 bits per heavy atom. The minimum absolute atomic E-state index is 0.369. The van der Waals surface area contributed by atoms with Crippen LogP contribution in [-0.4, -0.2) is 58.8 Å². The van der Waals surface area contributed by atoms with Crippen LogP contribution in [0.15, 0.2) is 42.5 Å². The molecule has 0 spiro atoms. The number of carbonyl (C=O) groups excluding carboxylic acids is 5. The Kier molecular flexibility index (Phi) is 6.92. The first-order valence-corrected chi connectivity index (χ1v) is 11.7. The molecule has 1 aromatic carbocycles. The van der Waals surface area contributed by atoms with Crippen molar-refractivity contribution in [2.45, 2.75) is 39.7 Å². The van der Waals surface area contributed by atoms with Crippen LogP contribution in [0.1, 0.15) is 51.9 Å². The lowest BCUT2D eigenvalue weighted by atomic mass is 9.85. The molecule has 0 bridgehead atoms. The van der Waals surface area contributed by atoms with Gasteiger partial charge in [0.25, 0.3) is 0 Å². The Morgan fingerprint density at radius 2 is 1.58 bits per heavy atom. The quantitative estimate of drug-likeness (QED) is 0.253. The lowest BCUT2D eigenvalue weighted by Gasteiger charge is -2.21. The highest BCUT2D eigenvalue weighted by Crippen LogP contribution is 2.36. The summed E-state index contributed by atoms with van der Waals surface area (Å²) in [6.45, 7) is 4.54. The van der Waals surface area contributed by atoms with Gasteiger partial charge in [0, 0.05) is 22.6 Å². The van der Waals surface area contributed by atoms with E-state index in [2.05, 4.69) is 0 Å². The van der Waals surface area contributed by atoms with Crippen LogP contribution in [0.5, 0.6) is 0 Å². The molecule has 0 saturated carbocycles. The summed E-state index contributed by atoms with van der Waals surface area (Å²) in [6.07, 6.45) is 4.71. The van der Waals surface area contributed by atoms with E-state index in [0.29, 0.717) is 29.7 Å². The topological polar surface area (TPSA) is 112 Å². The number of fused-ring (bicyclic) bond motifs is 1. The van der Waals surface area contributed by atoms with Gasteiger partial charge in [-0.1, -0.05) is 12.2 Å². The first-order chi connectivity index (χ1) is 17.1. The van der Waals surface area contributed by atoms with E-state index in [0.717, 1.165) is 16.3 Å². The summed E-state index contributed by atoms with van der Waals surface area (Å²) in [5.41, 5.74) is 2.98. The fourth-order valence-electron chi connectivity index (χ4n) is 4.95. The molecular formula is C27H28N2O7. The Hall–Kier alpha value is -4.01. The molecule has 9 heteroatoms. The van der Waals surface area contributed by atoms with Gasteiger partial charge in [-0.15, -0.1) is 0 Å². The number of carbonyl (C=O) groups is 5. The molecule has 4 rings (SSSR count). The molecule has 9 nitrogen and oxygen atoms in total. The molecule has 2 heterocycles. The molecule has 1 aliphatic heterocycles. The van der Waals surface area contributed by atoms with Crippen LogP contribution in [-0.2, 0) is 23.9 Å². The van der Waals surface area contributed by atoms with Crippen molar-refractivity contribution in [2.75, 3.05) is 13.7 Å². The van der Waals surface area contributed by atoms with Crippen molar-refractivity contribution in [3.05, 3.63) is 65.0 Å². The van der Waals surface area contributed by atoms with Crippen molar-refractivity contribution in [1.29, 1.82) is 0 Å². The zero-order valence-electron chi connectivity index (χ0n) is 20.6. The number of ether oxygens (including phenoxy) is 2. The predicted molar refractivity (Wildman–Crippen MR) is 129 cm³/mol. The van der Waals surface area contributed by atoms with Crippen molar-refractivity contribution < 1.29 is 33.4 Å². The number of likely N-dealkylation sites (tertiary alicyclic amines) is 1. The molecule has 1 aliphatic carbocycles. The second-order valence-electron chi connectivity index (χ2n) is 9.07. The lowest BCUT2D eigenvalue weighted by Crippen LogP contribution is -2.44. The number of aromatic nitrogens is 1. The van der Waals surface area contributed by atoms with E-state index in [4.69, 9.17) is 9.47 Å². The van der Waals surface area contributed by atoms with Crippen LogP contribution in [0.4, 0.5) is 0 Å². The van der Waals surface area contributed by atoms with Gasteiger partial charge in [0.2, 0.25) is 17.6 Å². The first-order valence-electron chi connectivity index (χ1n) is 11.7. The zero-order valence-corrected chi connectivity index (χ0v) is 20.6. The van der Waals surface area contributed by atoms with E-state index in [-0.39, 0.29) is 11.8 Å². The Balaban J connectivity index is 1.43. The highest BCUT2D eigenvalue weighted by molar-refractivity contribution is 6.08. The van der Waals surface area contributed by atoms with Gasteiger partial charge < -0.3 is 14.0 Å². The Labute approximate surface area is 208 Å². The lowest BCUT2D eigenvalue weighted by molar-refractivity contribution is -0.157. The van der Waals surface area contributed by atoms with Crippen LogP contribution in [0, 0.1) is 25.7 Å². The summed E-state index contributed by atoms with van der Waals surface area (Å²) >= 11 is 0. The molecule has 3 atom stereocenters. The van der Waals surface area contributed by atoms with E-state index in [1.807, 2.05) is 23.6 Å². The number of esters is 2. The van der Waals surface area contributed by atoms with Crippen molar-refractivity contribution >= 4 is 29.5 Å². The van der Waals surface area contributed by atoms with Gasteiger partial charge in [-0.2, -0.15) is 0 Å². The van der Waals surface area contributed by atoms with E-state index in [9.17, 15) is 24.0 Å². The van der Waals surface area contributed by atoms with Gasteiger partial charge in [0.1, 0.15) is 6.04 Å². The Bertz CT molecular complexity index is 1250. The first kappa shape index (κ1) is 25.1. The minimum Gasteiger partial charge on any atom is -0.465 e. The van der Waals surface area contributed by atoms with Gasteiger partial charge in [0.15, 0.2) is 6.61 Å². The molecule has 36 heavy (non-hydrogen) atoms. The number of amides is 2. The number of hydrogen-bond acceptors (Lipinski definition) is 7. The van der Waals surface area contributed by atoms with Gasteiger partial charge >= 0.3 is 11.9 Å². The number of allylic oxidation sites excluding steroid dienone is 2. The van der Waals surface area contributed by atoms with Crippen LogP contribution in [0.25, 0.3) is 5.69 Å². The fraction of sp³-hybridized carbons (Fsp3) is 0.370. The number of aryl methyl sites for hydroxylation is 1. The summed E-state index contributed by atoms with van der Waals surface area (Å²) in [5, 5.41) is 0. The second-order valence-corrected chi connectivity index (χ2v) is 9.07. The molecule has 0 radical (unpaired) electrons. The predicted octanol–water partition coefficient (Wildman–Crippen LogP) is 2.95. The molecule has 1 saturated heterocycles. The van der Waals surface area contributed by atoms with Crippen LogP contribution >= 0.6 is 0 Å². The molecule has 1 fully saturated rings. The van der Waals surface area contributed by atoms with Crippen molar-refractivity contribution in [2.24, 2.45) is 11.8 Å². The number of nitrogens with zero attached hydrogens (tertiary/aromatic N) is 2. The number of hydrogen-bond donors (Lipinski definition) is 0. The largest absolute Gasteiger partial charge is 0.465 e. The molecule has 0 unspecified atom stereocenters. The monoisotopic (exact) mass is 492 g/mol. The smallest absolute Gasteiger partial charge is 0.337 e. The van der Waals surface area contributed by atoms with E-state index in [1.54, 1.807) is 37.3 Å².